The summed E-state index contributed by atoms with van der Waals surface area (Å²) in [7, 11) is 1.62. The summed E-state index contributed by atoms with van der Waals surface area (Å²) in [6, 6.07) is 6.04. The number of thiophene rings is 1. The highest BCUT2D eigenvalue weighted by Gasteiger charge is 2.30. The Labute approximate surface area is 189 Å². The Balaban J connectivity index is 1.55. The van der Waals surface area contributed by atoms with Crippen LogP contribution in [0.15, 0.2) is 29.2 Å². The molecule has 1 unspecified atom stereocenters. The van der Waals surface area contributed by atoms with Gasteiger partial charge in [0.2, 0.25) is 0 Å². The molecule has 3 aromatic rings. The number of pyridine rings is 2. The molecule has 8 heteroatoms. The number of carboxylic acids is 1. The molecule has 0 spiro atoms. The van der Waals surface area contributed by atoms with Gasteiger partial charge in [-0.2, -0.15) is 0 Å². The van der Waals surface area contributed by atoms with Crippen LogP contribution < -0.4 is 10.9 Å². The molecule has 32 heavy (non-hydrogen) atoms. The normalized spacial score (nSPS) is 18.1. The number of hydrogen-bond donors (Lipinski definition) is 2. The van der Waals surface area contributed by atoms with E-state index in [-0.39, 0.29) is 11.6 Å². The van der Waals surface area contributed by atoms with Gasteiger partial charge < -0.3 is 19.9 Å². The lowest BCUT2D eigenvalue weighted by Crippen LogP contribution is -2.38. The van der Waals surface area contributed by atoms with Crippen molar-refractivity contribution in [1.29, 1.82) is 0 Å². The van der Waals surface area contributed by atoms with Gasteiger partial charge in [-0.15, -0.1) is 11.3 Å². The lowest BCUT2D eigenvalue weighted by Gasteiger charge is -2.23. The van der Waals surface area contributed by atoms with E-state index in [1.54, 1.807) is 30.7 Å². The molecule has 2 N–H and O–H groups in total. The first-order chi connectivity index (χ1) is 15.5. The first-order valence-electron chi connectivity index (χ1n) is 10.8. The topological polar surface area (TPSA) is 89.3 Å². The number of aromatic carboxylic acids is 1. The van der Waals surface area contributed by atoms with Crippen molar-refractivity contribution in [3.63, 3.8) is 0 Å². The molecular formula is C24H26N2O5S. The second-order valence-electron chi connectivity index (χ2n) is 8.59. The van der Waals surface area contributed by atoms with Gasteiger partial charge in [-0.25, -0.2) is 4.79 Å². The fourth-order valence-corrected chi connectivity index (χ4v) is 5.93. The Morgan fingerprint density at radius 2 is 2.16 bits per heavy atom. The van der Waals surface area contributed by atoms with Crippen LogP contribution in [-0.2, 0) is 22.4 Å². The Hall–Kier alpha value is -2.52. The lowest BCUT2D eigenvalue weighted by atomic mass is 9.99. The first kappa shape index (κ1) is 21.3. The number of carbonyl (C=O) groups is 1. The number of ether oxygens (including phenoxy) is 2. The van der Waals surface area contributed by atoms with E-state index in [9.17, 15) is 14.7 Å². The monoisotopic (exact) mass is 454 g/mol. The summed E-state index contributed by atoms with van der Waals surface area (Å²) in [5.41, 5.74) is 4.62. The number of hydrogen-bond acceptors (Lipinski definition) is 6. The molecule has 0 amide bonds. The maximum atomic E-state index is 12.8. The molecule has 4 heterocycles. The van der Waals surface area contributed by atoms with Gasteiger partial charge in [-0.05, 0) is 72.6 Å². The summed E-state index contributed by atoms with van der Waals surface area (Å²) in [5.74, 6) is -0.846. The lowest BCUT2D eigenvalue weighted by molar-refractivity contribution is -0.0384. The number of nitrogens with zero attached hydrogens (tertiary/aromatic N) is 1. The first-order valence-corrected chi connectivity index (χ1v) is 11.6. The van der Waals surface area contributed by atoms with E-state index in [2.05, 4.69) is 11.4 Å². The van der Waals surface area contributed by atoms with Crippen LogP contribution in [0.4, 0.5) is 0 Å². The van der Waals surface area contributed by atoms with Gasteiger partial charge in [0.25, 0.3) is 5.56 Å². The molecule has 168 valence electrons. The SMILES string of the molecule is COCOCC1Cc2sc(-c3ccn4c(=O)c(C(=O)O)cc(C5CC5)c4c3C)cc2CN1. The maximum Gasteiger partial charge on any atom is 0.341 e. The standard InChI is InChI=1S/C24H26N2O5S/c1-13-17(21-7-15-10-25-16(8-20(15)32-21)11-31-12-30-2)5-6-26-22(13)18(14-3-4-14)9-19(23(26)27)24(28)29/h5-7,9,14,16,25H,3-4,8,10-12H2,1-2H3,(H,28,29). The molecule has 0 saturated heterocycles. The molecule has 1 saturated carbocycles. The van der Waals surface area contributed by atoms with Gasteiger partial charge in [0.15, 0.2) is 0 Å². The molecule has 2 aliphatic rings. The van der Waals surface area contributed by atoms with Crippen LogP contribution in [0.25, 0.3) is 16.0 Å². The average molecular weight is 455 g/mol. The zero-order valence-electron chi connectivity index (χ0n) is 18.1. The summed E-state index contributed by atoms with van der Waals surface area (Å²) >= 11 is 1.79. The average Bonchev–Trinajstić information content (AvgIpc) is 3.53. The van der Waals surface area contributed by atoms with Crippen LogP contribution in [0.5, 0.6) is 0 Å². The number of aromatic nitrogens is 1. The highest BCUT2D eigenvalue weighted by atomic mass is 32.1. The van der Waals surface area contributed by atoms with Crippen molar-refractivity contribution in [2.24, 2.45) is 0 Å². The molecule has 7 nitrogen and oxygen atoms in total. The summed E-state index contributed by atoms with van der Waals surface area (Å²) in [6.07, 6.45) is 4.70. The molecule has 3 aromatic heterocycles. The van der Waals surface area contributed by atoms with Crippen molar-refractivity contribution in [1.82, 2.24) is 9.72 Å². The minimum atomic E-state index is -1.17. The maximum absolute atomic E-state index is 12.8. The molecule has 0 bridgehead atoms. The van der Waals surface area contributed by atoms with Gasteiger partial charge in [-0.1, -0.05) is 0 Å². The van der Waals surface area contributed by atoms with Crippen LogP contribution in [-0.4, -0.2) is 42.0 Å². The van der Waals surface area contributed by atoms with E-state index in [0.29, 0.717) is 19.3 Å². The summed E-state index contributed by atoms with van der Waals surface area (Å²) in [6.45, 7) is 3.74. The molecule has 1 aliphatic heterocycles. The van der Waals surface area contributed by atoms with Crippen LogP contribution in [0, 0.1) is 6.92 Å². The van der Waals surface area contributed by atoms with Gasteiger partial charge in [-0.3, -0.25) is 9.20 Å². The molecule has 1 atom stereocenters. The third-order valence-corrected chi connectivity index (χ3v) is 7.59. The molecular weight excluding hydrogens is 428 g/mol. The van der Waals surface area contributed by atoms with Crippen LogP contribution in [0.1, 0.15) is 50.7 Å². The van der Waals surface area contributed by atoms with E-state index < -0.39 is 11.5 Å². The highest BCUT2D eigenvalue weighted by Crippen LogP contribution is 2.44. The Morgan fingerprint density at radius 3 is 2.88 bits per heavy atom. The predicted molar refractivity (Wildman–Crippen MR) is 123 cm³/mol. The van der Waals surface area contributed by atoms with E-state index in [0.717, 1.165) is 48.0 Å². The second-order valence-corrected chi connectivity index (χ2v) is 9.73. The van der Waals surface area contributed by atoms with Crippen molar-refractivity contribution >= 4 is 22.8 Å². The molecule has 0 aromatic carbocycles. The van der Waals surface area contributed by atoms with Gasteiger partial charge in [0, 0.05) is 35.6 Å². The number of methoxy groups -OCH3 is 1. The number of fused-ring (bicyclic) bond motifs is 2. The summed E-state index contributed by atoms with van der Waals surface area (Å²) < 4.78 is 12.0. The largest absolute Gasteiger partial charge is 0.477 e. The van der Waals surface area contributed by atoms with Gasteiger partial charge in [0.1, 0.15) is 12.4 Å². The summed E-state index contributed by atoms with van der Waals surface area (Å²) in [4.78, 5) is 27.0. The number of nitrogens with one attached hydrogen (secondary N) is 1. The van der Waals surface area contributed by atoms with Crippen molar-refractivity contribution in [3.8, 4) is 10.4 Å². The second kappa shape index (κ2) is 8.44. The van der Waals surface area contributed by atoms with E-state index in [1.807, 2.05) is 13.0 Å². The fraction of sp³-hybridized carbons (Fsp3) is 0.417. The number of rotatable bonds is 7. The van der Waals surface area contributed by atoms with Crippen molar-refractivity contribution in [2.75, 3.05) is 20.5 Å². The number of aryl methyl sites for hydroxylation is 1. The molecule has 1 aliphatic carbocycles. The van der Waals surface area contributed by atoms with Crippen molar-refractivity contribution in [3.05, 3.63) is 61.9 Å². The third kappa shape index (κ3) is 3.77. The quantitative estimate of drug-likeness (QED) is 0.419. The third-order valence-electron chi connectivity index (χ3n) is 6.36. The zero-order chi connectivity index (χ0) is 22.4. The Morgan fingerprint density at radius 1 is 1.34 bits per heavy atom. The highest BCUT2D eigenvalue weighted by molar-refractivity contribution is 7.15. The predicted octanol–water partition coefficient (Wildman–Crippen LogP) is 3.55. The smallest absolute Gasteiger partial charge is 0.341 e. The van der Waals surface area contributed by atoms with Crippen LogP contribution in [0.3, 0.4) is 0 Å². The van der Waals surface area contributed by atoms with Crippen LogP contribution >= 0.6 is 11.3 Å². The van der Waals surface area contributed by atoms with Gasteiger partial charge in [0.05, 0.1) is 12.1 Å². The van der Waals surface area contributed by atoms with Crippen molar-refractivity contribution in [2.45, 2.75) is 44.7 Å². The fourth-order valence-electron chi connectivity index (χ4n) is 4.59. The van der Waals surface area contributed by atoms with E-state index in [4.69, 9.17) is 9.47 Å². The van der Waals surface area contributed by atoms with Crippen LogP contribution in [0.2, 0.25) is 0 Å². The Kier molecular flexibility index (Phi) is 5.63. The minimum absolute atomic E-state index is 0.157. The van der Waals surface area contributed by atoms with Gasteiger partial charge >= 0.3 is 5.97 Å². The molecule has 0 radical (unpaired) electrons. The van der Waals surface area contributed by atoms with Crippen molar-refractivity contribution < 1.29 is 19.4 Å². The summed E-state index contributed by atoms with van der Waals surface area (Å²) in [5, 5.41) is 13.0. The zero-order valence-corrected chi connectivity index (χ0v) is 19.0. The molecule has 5 rings (SSSR count). The number of carboxylic acid groups (broad SMARTS) is 1. The Bertz CT molecular complexity index is 1260. The van der Waals surface area contributed by atoms with E-state index >= 15 is 0 Å². The minimum Gasteiger partial charge on any atom is -0.477 e. The van der Waals surface area contributed by atoms with E-state index in [1.165, 1.54) is 19.7 Å². The molecule has 1 fully saturated rings.